The molecule has 0 spiro atoms. The summed E-state index contributed by atoms with van der Waals surface area (Å²) in [5.41, 5.74) is 10.8. The first-order chi connectivity index (χ1) is 31.5. The van der Waals surface area contributed by atoms with E-state index >= 15 is 0 Å². The maximum absolute atomic E-state index is 14.0. The van der Waals surface area contributed by atoms with Gasteiger partial charge in [-0.1, -0.05) is 130 Å². The number of alkyl halides is 3. The van der Waals surface area contributed by atoms with Crippen LogP contribution in [0.1, 0.15) is 56.2 Å². The molecule has 66 heavy (non-hydrogen) atoms. The van der Waals surface area contributed by atoms with Crippen molar-refractivity contribution in [1.82, 2.24) is 14.5 Å². The fourth-order valence-electron chi connectivity index (χ4n) is 8.57. The van der Waals surface area contributed by atoms with Gasteiger partial charge in [-0.2, -0.15) is 13.2 Å². The molecule has 0 fully saturated rings. The summed E-state index contributed by atoms with van der Waals surface area (Å²) in [6, 6.07) is 58.5. The average molecular weight is 1050 g/mol. The molecule has 5 nitrogen and oxygen atoms in total. The number of pyridine rings is 1. The van der Waals surface area contributed by atoms with Crippen LogP contribution in [0.4, 0.5) is 13.2 Å². The zero-order valence-electron chi connectivity index (χ0n) is 36.4. The van der Waals surface area contributed by atoms with Crippen molar-refractivity contribution in [3.8, 4) is 50.8 Å². The molecule has 4 aromatic heterocycles. The smallest absolute Gasteiger partial charge is 0.416 e. The van der Waals surface area contributed by atoms with Crippen molar-refractivity contribution in [2.24, 2.45) is 0 Å². The van der Waals surface area contributed by atoms with Crippen LogP contribution in [0.5, 0.6) is 0 Å². The number of halogens is 3. The summed E-state index contributed by atoms with van der Waals surface area (Å²) < 4.78 is 57.1. The summed E-state index contributed by atoms with van der Waals surface area (Å²) in [5.74, 6) is 1.45. The molecule has 1 radical (unpaired) electrons. The fourth-order valence-corrected chi connectivity index (χ4v) is 8.57. The predicted octanol–water partition coefficient (Wildman–Crippen LogP) is 16.3. The zero-order chi connectivity index (χ0) is 44.8. The first-order valence-electron chi connectivity index (χ1n) is 21.6. The molecular formula is C57H42F3IrN3O2-2. The van der Waals surface area contributed by atoms with Gasteiger partial charge in [0.25, 0.3) is 0 Å². The van der Waals surface area contributed by atoms with E-state index in [1.165, 1.54) is 6.07 Å². The van der Waals surface area contributed by atoms with Crippen LogP contribution >= 0.6 is 0 Å². The van der Waals surface area contributed by atoms with Crippen molar-refractivity contribution in [1.29, 1.82) is 0 Å². The molecule has 9 heteroatoms. The van der Waals surface area contributed by atoms with E-state index in [0.717, 1.165) is 67.9 Å². The average Bonchev–Trinajstić information content (AvgIpc) is 4.05. The number of hydrogen-bond donors (Lipinski definition) is 0. The summed E-state index contributed by atoms with van der Waals surface area (Å²) >= 11 is 0. The predicted molar refractivity (Wildman–Crippen MR) is 255 cm³/mol. The SMILES string of the molecule is CC(C)c1cc(-c2ccccc2)cc(C(C)C)c1-n1c(-c2[c-]c3oc(-c4ccccc4)cc3c3c2oc2cc(C(F)(F)F)ccc23)nc2ccccc21.[Ir].[c-]1ccccc1-c1ccccn1. The van der Waals surface area contributed by atoms with Crippen LogP contribution in [0, 0.1) is 12.1 Å². The second-order valence-electron chi connectivity index (χ2n) is 16.7. The normalized spacial score (nSPS) is 11.7. The number of furan rings is 2. The number of hydrogen-bond acceptors (Lipinski definition) is 4. The van der Waals surface area contributed by atoms with Crippen molar-refractivity contribution in [2.75, 3.05) is 0 Å². The maximum atomic E-state index is 14.0. The summed E-state index contributed by atoms with van der Waals surface area (Å²) in [5, 5.41) is 1.89. The van der Waals surface area contributed by atoms with Crippen LogP contribution in [-0.4, -0.2) is 14.5 Å². The van der Waals surface area contributed by atoms with Crippen molar-refractivity contribution in [2.45, 2.75) is 45.7 Å². The molecule has 4 heterocycles. The third-order valence-corrected chi connectivity index (χ3v) is 11.7. The van der Waals surface area contributed by atoms with Crippen molar-refractivity contribution >= 4 is 43.9 Å². The van der Waals surface area contributed by atoms with E-state index in [2.05, 4.69) is 91.8 Å². The molecule has 0 saturated carbocycles. The van der Waals surface area contributed by atoms with E-state index in [4.69, 9.17) is 13.8 Å². The van der Waals surface area contributed by atoms with Gasteiger partial charge in [-0.15, -0.1) is 35.9 Å². The Balaban J connectivity index is 0.000000365. The summed E-state index contributed by atoms with van der Waals surface area (Å²) in [6.07, 6.45) is -2.75. The van der Waals surface area contributed by atoms with Gasteiger partial charge in [-0.05, 0) is 99.1 Å². The number of benzene rings is 7. The van der Waals surface area contributed by atoms with Gasteiger partial charge >= 0.3 is 6.18 Å². The number of nitrogens with zero attached hydrogens (tertiary/aromatic N) is 3. The number of aromatic nitrogens is 3. The molecule has 0 aliphatic heterocycles. The molecule has 0 N–H and O–H groups in total. The van der Waals surface area contributed by atoms with Gasteiger partial charge in [-0.25, -0.2) is 0 Å². The quantitative estimate of drug-likeness (QED) is 0.149. The monoisotopic (exact) mass is 1050 g/mol. The molecule has 7 aromatic carbocycles. The van der Waals surface area contributed by atoms with Gasteiger partial charge in [-0.3, -0.25) is 4.98 Å². The van der Waals surface area contributed by atoms with Gasteiger partial charge < -0.3 is 18.4 Å². The molecular weight excluding hydrogens is 1010 g/mol. The second kappa shape index (κ2) is 18.1. The maximum Gasteiger partial charge on any atom is 0.416 e. The van der Waals surface area contributed by atoms with E-state index < -0.39 is 11.7 Å². The van der Waals surface area contributed by atoms with Crippen LogP contribution in [0.15, 0.2) is 179 Å². The third-order valence-electron chi connectivity index (χ3n) is 11.7. The van der Waals surface area contributed by atoms with E-state index in [9.17, 15) is 13.2 Å². The number of rotatable bonds is 7. The van der Waals surface area contributed by atoms with Gasteiger partial charge in [0.2, 0.25) is 0 Å². The Morgan fingerprint density at radius 2 is 1.30 bits per heavy atom. The topological polar surface area (TPSA) is 57.0 Å². The minimum absolute atomic E-state index is 0. The molecule has 0 amide bonds. The molecule has 11 aromatic rings. The van der Waals surface area contributed by atoms with E-state index in [1.807, 2.05) is 103 Å². The number of fused-ring (bicyclic) bond motifs is 6. The minimum atomic E-state index is -4.53. The minimum Gasteiger partial charge on any atom is -0.501 e. The third kappa shape index (κ3) is 8.25. The van der Waals surface area contributed by atoms with Crippen molar-refractivity contribution < 1.29 is 42.1 Å². The van der Waals surface area contributed by atoms with Crippen LogP contribution in [-0.2, 0) is 26.3 Å². The van der Waals surface area contributed by atoms with Gasteiger partial charge in [0.15, 0.2) is 0 Å². The Morgan fingerprint density at radius 3 is 1.95 bits per heavy atom. The Morgan fingerprint density at radius 1 is 0.636 bits per heavy atom. The molecule has 329 valence electrons. The van der Waals surface area contributed by atoms with Crippen LogP contribution in [0.25, 0.3) is 94.7 Å². The first-order valence-corrected chi connectivity index (χ1v) is 21.6. The standard InChI is InChI=1S/C46H34F3N2O2.C11H8N.Ir/c1-26(2)33-21-30(28-13-7-5-8-14-28)22-34(27(3)4)43(33)51-38-18-12-11-17-37(38)50-45(51)36-25-41-35(24-39(52-41)29-15-9-6-10-16-29)42-32-20-19-31(46(47,48)49)23-40(32)53-44(36)42;1-2-6-10(7-3-1)11-8-4-5-9-12-11;/h5-24,26-27H,1-4H3;1-6,8-9H;/q2*-1;. The van der Waals surface area contributed by atoms with Gasteiger partial charge in [0.05, 0.1) is 33.6 Å². The first kappa shape index (κ1) is 44.2. The van der Waals surface area contributed by atoms with E-state index in [1.54, 1.807) is 6.20 Å². The molecule has 0 unspecified atom stereocenters. The number of imidazole rings is 1. The zero-order valence-corrected chi connectivity index (χ0v) is 38.8. The van der Waals surface area contributed by atoms with Crippen LogP contribution in [0.3, 0.4) is 0 Å². The molecule has 0 bridgehead atoms. The van der Waals surface area contributed by atoms with E-state index in [-0.39, 0.29) is 37.5 Å². The van der Waals surface area contributed by atoms with E-state index in [0.29, 0.717) is 44.5 Å². The fraction of sp³-hybridized carbons (Fsp3) is 0.123. The Kier molecular flexibility index (Phi) is 12.1. The Bertz CT molecular complexity index is 3400. The molecule has 0 aliphatic rings. The van der Waals surface area contributed by atoms with Gasteiger partial charge in [0, 0.05) is 42.9 Å². The second-order valence-corrected chi connectivity index (χ2v) is 16.7. The molecule has 0 aliphatic carbocycles. The summed E-state index contributed by atoms with van der Waals surface area (Å²) in [6.45, 7) is 8.77. The Hall–Kier alpha value is -7.06. The van der Waals surface area contributed by atoms with Crippen LogP contribution < -0.4 is 0 Å². The molecule has 0 saturated heterocycles. The summed E-state index contributed by atoms with van der Waals surface area (Å²) in [4.78, 5) is 9.46. The molecule has 0 atom stereocenters. The van der Waals surface area contributed by atoms with Crippen LogP contribution in [0.2, 0.25) is 0 Å². The molecule has 11 rings (SSSR count). The number of para-hydroxylation sites is 2. The largest absolute Gasteiger partial charge is 0.501 e. The van der Waals surface area contributed by atoms with Gasteiger partial charge in [0.1, 0.15) is 11.3 Å². The van der Waals surface area contributed by atoms with Crippen molar-refractivity contribution in [3.63, 3.8) is 0 Å². The van der Waals surface area contributed by atoms with Crippen molar-refractivity contribution in [3.05, 3.63) is 199 Å². The summed E-state index contributed by atoms with van der Waals surface area (Å²) in [7, 11) is 0. The Labute approximate surface area is 393 Å².